The van der Waals surface area contributed by atoms with E-state index < -0.39 is 0 Å². The number of amides is 1. The third kappa shape index (κ3) is 4.18. The summed E-state index contributed by atoms with van der Waals surface area (Å²) in [5.41, 5.74) is 5.53. The number of hydrogen-bond acceptors (Lipinski definition) is 4. The van der Waals surface area contributed by atoms with Gasteiger partial charge in [0, 0.05) is 29.5 Å². The van der Waals surface area contributed by atoms with Crippen LogP contribution in [0.4, 0.5) is 0 Å². The molecule has 0 aliphatic heterocycles. The minimum absolute atomic E-state index is 0.163. The van der Waals surface area contributed by atoms with Gasteiger partial charge in [-0.25, -0.2) is 4.98 Å². The minimum atomic E-state index is -0.163. The predicted molar refractivity (Wildman–Crippen MR) is 112 cm³/mol. The second kappa shape index (κ2) is 8.19. The molecule has 0 radical (unpaired) electrons. The monoisotopic (exact) mass is 388 g/mol. The molecule has 2 N–H and O–H groups in total. The fourth-order valence-corrected chi connectivity index (χ4v) is 3.71. The van der Waals surface area contributed by atoms with Crippen molar-refractivity contribution in [3.63, 3.8) is 0 Å². The van der Waals surface area contributed by atoms with Gasteiger partial charge in [0.2, 0.25) is 0 Å². The minimum Gasteiger partial charge on any atom is -0.350 e. The summed E-state index contributed by atoms with van der Waals surface area (Å²) in [5, 5.41) is 13.0. The first kappa shape index (κ1) is 18.1. The molecule has 2 heterocycles. The third-order valence-corrected chi connectivity index (χ3v) is 5.35. The smallest absolute Gasteiger partial charge is 0.269 e. The third-order valence-electron chi connectivity index (χ3n) is 4.41. The summed E-state index contributed by atoms with van der Waals surface area (Å²) in [6, 6.07) is 19.9. The van der Waals surface area contributed by atoms with E-state index in [0.717, 1.165) is 27.5 Å². The van der Waals surface area contributed by atoms with Crippen LogP contribution in [-0.2, 0) is 6.42 Å². The Labute approximate surface area is 167 Å². The van der Waals surface area contributed by atoms with Crippen LogP contribution in [0.15, 0.2) is 66.0 Å². The molecule has 2 aromatic heterocycles. The number of thiazole rings is 1. The van der Waals surface area contributed by atoms with Crippen LogP contribution in [0.1, 0.15) is 21.7 Å². The van der Waals surface area contributed by atoms with Crippen LogP contribution in [0.25, 0.3) is 21.8 Å². The maximum atomic E-state index is 12.3. The lowest BCUT2D eigenvalue weighted by Gasteiger charge is -2.01. The highest BCUT2D eigenvalue weighted by atomic mass is 32.1. The number of benzene rings is 2. The van der Waals surface area contributed by atoms with Crippen LogP contribution in [0.3, 0.4) is 0 Å². The predicted octanol–water partition coefficient (Wildman–Crippen LogP) is 4.48. The zero-order valence-electron chi connectivity index (χ0n) is 15.5. The number of aryl methyl sites for hydroxylation is 1. The van der Waals surface area contributed by atoms with E-state index in [-0.39, 0.29) is 5.91 Å². The van der Waals surface area contributed by atoms with Gasteiger partial charge in [-0.05, 0) is 13.0 Å². The van der Waals surface area contributed by atoms with Gasteiger partial charge in [0.25, 0.3) is 5.91 Å². The van der Waals surface area contributed by atoms with Gasteiger partial charge in [0.1, 0.15) is 10.7 Å². The summed E-state index contributed by atoms with van der Waals surface area (Å²) >= 11 is 1.62. The number of nitrogens with zero attached hydrogens (tertiary/aromatic N) is 2. The van der Waals surface area contributed by atoms with Crippen LogP contribution in [0.5, 0.6) is 0 Å². The molecule has 2 aromatic carbocycles. The van der Waals surface area contributed by atoms with Crippen molar-refractivity contribution in [3.8, 4) is 21.8 Å². The van der Waals surface area contributed by atoms with Gasteiger partial charge < -0.3 is 5.32 Å². The molecule has 0 saturated carbocycles. The lowest BCUT2D eigenvalue weighted by molar-refractivity contribution is 0.0949. The molecule has 0 spiro atoms. The standard InChI is InChI=1S/C22H20N4OS/c1-15-7-9-17(10-8-15)22-24-18(14-28-22)11-12-23-21(27)20-13-19(25-26-20)16-5-3-2-4-6-16/h2-10,13-14H,11-12H2,1H3,(H,23,27)(H,25,26). The van der Waals surface area contributed by atoms with Crippen LogP contribution < -0.4 is 5.32 Å². The second-order valence-corrected chi connectivity index (χ2v) is 7.41. The molecule has 6 heteroatoms. The van der Waals surface area contributed by atoms with Gasteiger partial charge in [-0.3, -0.25) is 9.89 Å². The number of rotatable bonds is 6. The van der Waals surface area contributed by atoms with E-state index in [1.807, 2.05) is 35.7 Å². The Morgan fingerprint density at radius 1 is 1.07 bits per heavy atom. The Hall–Kier alpha value is -3.25. The van der Waals surface area contributed by atoms with Crippen molar-refractivity contribution < 1.29 is 4.79 Å². The number of aromatic amines is 1. The van der Waals surface area contributed by atoms with E-state index >= 15 is 0 Å². The van der Waals surface area contributed by atoms with E-state index in [4.69, 9.17) is 0 Å². The topological polar surface area (TPSA) is 70.7 Å². The molecule has 0 bridgehead atoms. The molecule has 0 atom stereocenters. The molecule has 0 aliphatic rings. The lowest BCUT2D eigenvalue weighted by Crippen LogP contribution is -2.26. The number of H-pyrrole nitrogens is 1. The summed E-state index contributed by atoms with van der Waals surface area (Å²) < 4.78 is 0. The Morgan fingerprint density at radius 2 is 1.86 bits per heavy atom. The molecule has 1 amide bonds. The second-order valence-electron chi connectivity index (χ2n) is 6.55. The summed E-state index contributed by atoms with van der Waals surface area (Å²) in [6.07, 6.45) is 0.688. The highest BCUT2D eigenvalue weighted by Gasteiger charge is 2.11. The van der Waals surface area contributed by atoms with Crippen LogP contribution in [-0.4, -0.2) is 27.6 Å². The maximum absolute atomic E-state index is 12.3. The fraction of sp³-hybridized carbons (Fsp3) is 0.136. The number of hydrogen-bond donors (Lipinski definition) is 2. The summed E-state index contributed by atoms with van der Waals surface area (Å²) in [6.45, 7) is 2.60. The van der Waals surface area contributed by atoms with Crippen molar-refractivity contribution in [1.29, 1.82) is 0 Å². The highest BCUT2D eigenvalue weighted by Crippen LogP contribution is 2.24. The van der Waals surface area contributed by atoms with E-state index in [1.54, 1.807) is 17.4 Å². The molecular weight excluding hydrogens is 368 g/mol. The molecule has 4 aromatic rings. The van der Waals surface area contributed by atoms with Crippen molar-refractivity contribution in [3.05, 3.63) is 83.0 Å². The summed E-state index contributed by atoms with van der Waals surface area (Å²) in [7, 11) is 0. The molecular formula is C22H20N4OS. The van der Waals surface area contributed by atoms with Crippen LogP contribution >= 0.6 is 11.3 Å². The van der Waals surface area contributed by atoms with Crippen molar-refractivity contribution in [2.45, 2.75) is 13.3 Å². The molecule has 0 saturated heterocycles. The average Bonchev–Trinajstić information content (AvgIpc) is 3.39. The van der Waals surface area contributed by atoms with Crippen LogP contribution in [0.2, 0.25) is 0 Å². The largest absolute Gasteiger partial charge is 0.350 e. The van der Waals surface area contributed by atoms with Crippen molar-refractivity contribution in [2.75, 3.05) is 6.54 Å². The number of carbonyl (C=O) groups is 1. The fourth-order valence-electron chi connectivity index (χ4n) is 2.84. The van der Waals surface area contributed by atoms with E-state index in [0.29, 0.717) is 18.7 Å². The van der Waals surface area contributed by atoms with E-state index in [2.05, 4.69) is 51.7 Å². The first-order valence-electron chi connectivity index (χ1n) is 9.09. The van der Waals surface area contributed by atoms with Gasteiger partial charge in [0.15, 0.2) is 0 Å². The molecule has 0 fully saturated rings. The first-order valence-corrected chi connectivity index (χ1v) is 9.97. The summed E-state index contributed by atoms with van der Waals surface area (Å²) in [4.78, 5) is 17.0. The first-order chi connectivity index (χ1) is 13.7. The number of nitrogens with one attached hydrogen (secondary N) is 2. The van der Waals surface area contributed by atoms with Gasteiger partial charge in [-0.2, -0.15) is 5.10 Å². The van der Waals surface area contributed by atoms with Gasteiger partial charge >= 0.3 is 0 Å². The number of carbonyl (C=O) groups excluding carboxylic acids is 1. The molecule has 0 aliphatic carbocycles. The zero-order valence-corrected chi connectivity index (χ0v) is 16.3. The molecule has 5 nitrogen and oxygen atoms in total. The van der Waals surface area contributed by atoms with Gasteiger partial charge in [0.05, 0.1) is 11.4 Å². The SMILES string of the molecule is Cc1ccc(-c2nc(CCNC(=O)c3cc(-c4ccccc4)n[nH]3)cs2)cc1. The normalized spacial score (nSPS) is 10.8. The van der Waals surface area contributed by atoms with Crippen LogP contribution in [0, 0.1) is 6.92 Å². The Kier molecular flexibility index (Phi) is 5.30. The molecule has 140 valence electrons. The van der Waals surface area contributed by atoms with Crippen molar-refractivity contribution in [2.24, 2.45) is 0 Å². The van der Waals surface area contributed by atoms with Gasteiger partial charge in [-0.1, -0.05) is 60.2 Å². The zero-order chi connectivity index (χ0) is 19.3. The molecule has 4 rings (SSSR count). The maximum Gasteiger partial charge on any atom is 0.269 e. The molecule has 28 heavy (non-hydrogen) atoms. The van der Waals surface area contributed by atoms with Gasteiger partial charge in [-0.15, -0.1) is 11.3 Å². The Morgan fingerprint density at radius 3 is 2.64 bits per heavy atom. The Bertz CT molecular complexity index is 1070. The van der Waals surface area contributed by atoms with Crippen molar-refractivity contribution in [1.82, 2.24) is 20.5 Å². The average molecular weight is 388 g/mol. The lowest BCUT2D eigenvalue weighted by atomic mass is 10.1. The Balaban J connectivity index is 1.32. The molecule has 0 unspecified atom stereocenters. The summed E-state index contributed by atoms with van der Waals surface area (Å²) in [5.74, 6) is -0.163. The van der Waals surface area contributed by atoms with Crippen molar-refractivity contribution >= 4 is 17.2 Å². The number of aromatic nitrogens is 3. The van der Waals surface area contributed by atoms with E-state index in [1.165, 1.54) is 5.56 Å². The van der Waals surface area contributed by atoms with E-state index in [9.17, 15) is 4.79 Å². The highest BCUT2D eigenvalue weighted by molar-refractivity contribution is 7.13. The quantitative estimate of drug-likeness (QED) is 0.512.